The monoisotopic (exact) mass is 330 g/mol. The number of carboxylic acids is 1. The average molecular weight is 330 g/mol. The second-order valence-electron chi connectivity index (χ2n) is 6.78. The van der Waals surface area contributed by atoms with E-state index in [4.69, 9.17) is 14.6 Å². The maximum atomic E-state index is 11.1. The summed E-state index contributed by atoms with van der Waals surface area (Å²) >= 11 is 0. The first-order chi connectivity index (χ1) is 11.1. The molecule has 2 aliphatic rings. The highest BCUT2D eigenvalue weighted by atomic mass is 16.7. The fraction of sp³-hybridized carbons (Fsp3) is 0.941. The van der Waals surface area contributed by atoms with Crippen LogP contribution in [-0.2, 0) is 14.3 Å². The summed E-state index contributed by atoms with van der Waals surface area (Å²) in [4.78, 5) is 11.1. The highest BCUT2D eigenvalue weighted by molar-refractivity contribution is 5.73. The lowest BCUT2D eigenvalue weighted by Gasteiger charge is -2.36. The number of carbonyl (C=O) groups is 1. The van der Waals surface area contributed by atoms with Crippen molar-refractivity contribution in [3.8, 4) is 0 Å². The minimum atomic E-state index is -1.42. The standard InChI is InChI=1S/C17H30O6/c18-13-11-14(23-16(15(13)19)17(20)21)22-12-9-7-5-3-1-2-4-6-8-10-12/h12-16,18-19H,1-11H2,(H,20,21)/t13-,14-,15+,16+/m1/s1. The van der Waals surface area contributed by atoms with Gasteiger partial charge in [-0.2, -0.15) is 0 Å². The molecular formula is C17H30O6. The van der Waals surface area contributed by atoms with Crippen LogP contribution in [-0.4, -0.2) is 52.0 Å². The van der Waals surface area contributed by atoms with Crippen LogP contribution in [0.4, 0.5) is 0 Å². The van der Waals surface area contributed by atoms with Gasteiger partial charge in [0.1, 0.15) is 6.10 Å². The number of aliphatic hydroxyl groups excluding tert-OH is 2. The molecule has 0 unspecified atom stereocenters. The van der Waals surface area contributed by atoms with Crippen LogP contribution in [0.2, 0.25) is 0 Å². The Morgan fingerprint density at radius 3 is 1.96 bits per heavy atom. The molecular weight excluding hydrogens is 300 g/mol. The molecule has 0 aromatic carbocycles. The predicted molar refractivity (Wildman–Crippen MR) is 84.0 cm³/mol. The third-order valence-corrected chi connectivity index (χ3v) is 4.83. The van der Waals surface area contributed by atoms with Crippen molar-refractivity contribution in [2.75, 3.05) is 0 Å². The Morgan fingerprint density at radius 2 is 1.43 bits per heavy atom. The normalized spacial score (nSPS) is 35.4. The highest BCUT2D eigenvalue weighted by Crippen LogP contribution is 2.26. The van der Waals surface area contributed by atoms with Crippen LogP contribution in [0.3, 0.4) is 0 Å². The van der Waals surface area contributed by atoms with Crippen molar-refractivity contribution >= 4 is 5.97 Å². The second kappa shape index (κ2) is 9.57. The summed E-state index contributed by atoms with van der Waals surface area (Å²) in [5.41, 5.74) is 0. The van der Waals surface area contributed by atoms with E-state index in [0.717, 1.165) is 25.7 Å². The van der Waals surface area contributed by atoms with E-state index in [2.05, 4.69) is 0 Å². The van der Waals surface area contributed by atoms with E-state index >= 15 is 0 Å². The van der Waals surface area contributed by atoms with E-state index in [1.54, 1.807) is 0 Å². The average Bonchev–Trinajstić information content (AvgIpc) is 2.56. The number of hydrogen-bond acceptors (Lipinski definition) is 5. The molecule has 1 aliphatic carbocycles. The van der Waals surface area contributed by atoms with Crippen LogP contribution in [0, 0.1) is 0 Å². The zero-order valence-corrected chi connectivity index (χ0v) is 13.7. The Bertz CT molecular complexity index is 349. The van der Waals surface area contributed by atoms with Gasteiger partial charge in [-0.15, -0.1) is 0 Å². The summed E-state index contributed by atoms with van der Waals surface area (Å²) in [6.07, 6.45) is 7.06. The van der Waals surface area contributed by atoms with Gasteiger partial charge >= 0.3 is 5.97 Å². The van der Waals surface area contributed by atoms with Crippen molar-refractivity contribution < 1.29 is 29.6 Å². The number of aliphatic hydroxyl groups is 2. The zero-order chi connectivity index (χ0) is 16.7. The zero-order valence-electron chi connectivity index (χ0n) is 13.7. The van der Waals surface area contributed by atoms with Crippen molar-refractivity contribution in [1.82, 2.24) is 0 Å². The van der Waals surface area contributed by atoms with Crippen molar-refractivity contribution in [2.24, 2.45) is 0 Å². The van der Waals surface area contributed by atoms with Gasteiger partial charge in [-0.3, -0.25) is 0 Å². The number of hydrogen-bond donors (Lipinski definition) is 3. The maximum absolute atomic E-state index is 11.1. The summed E-state index contributed by atoms with van der Waals surface area (Å²) in [5.74, 6) is -1.27. The fourth-order valence-electron chi connectivity index (χ4n) is 3.43. The van der Waals surface area contributed by atoms with Crippen LogP contribution >= 0.6 is 0 Å². The minimum absolute atomic E-state index is 0.0370. The molecule has 0 amide bonds. The Balaban J connectivity index is 1.88. The van der Waals surface area contributed by atoms with Gasteiger partial charge in [-0.1, -0.05) is 51.4 Å². The molecule has 2 rings (SSSR count). The minimum Gasteiger partial charge on any atom is -0.479 e. The lowest BCUT2D eigenvalue weighted by atomic mass is 10.0. The largest absolute Gasteiger partial charge is 0.479 e. The molecule has 1 heterocycles. The molecule has 3 N–H and O–H groups in total. The quantitative estimate of drug-likeness (QED) is 0.734. The lowest BCUT2D eigenvalue weighted by Crippen LogP contribution is -2.52. The summed E-state index contributed by atoms with van der Waals surface area (Å²) in [6, 6.07) is 0. The first-order valence-electron chi connectivity index (χ1n) is 8.98. The smallest absolute Gasteiger partial charge is 0.335 e. The maximum Gasteiger partial charge on any atom is 0.335 e. The Hall–Kier alpha value is -0.690. The Kier molecular flexibility index (Phi) is 7.76. The van der Waals surface area contributed by atoms with Crippen molar-refractivity contribution in [3.05, 3.63) is 0 Å². The van der Waals surface area contributed by atoms with Crippen molar-refractivity contribution in [3.63, 3.8) is 0 Å². The van der Waals surface area contributed by atoms with Crippen LogP contribution in [0.1, 0.15) is 70.6 Å². The molecule has 1 saturated heterocycles. The van der Waals surface area contributed by atoms with Crippen LogP contribution in [0.25, 0.3) is 0 Å². The van der Waals surface area contributed by atoms with Crippen LogP contribution < -0.4 is 0 Å². The van der Waals surface area contributed by atoms with Crippen LogP contribution in [0.5, 0.6) is 0 Å². The first-order valence-corrected chi connectivity index (χ1v) is 8.98. The van der Waals surface area contributed by atoms with E-state index in [-0.39, 0.29) is 12.5 Å². The molecule has 1 aliphatic heterocycles. The molecule has 134 valence electrons. The number of rotatable bonds is 3. The van der Waals surface area contributed by atoms with Crippen LogP contribution in [0.15, 0.2) is 0 Å². The number of ether oxygens (including phenoxy) is 2. The second-order valence-corrected chi connectivity index (χ2v) is 6.78. The summed E-state index contributed by atoms with van der Waals surface area (Å²) < 4.78 is 11.3. The summed E-state index contributed by atoms with van der Waals surface area (Å²) in [7, 11) is 0. The van der Waals surface area contributed by atoms with Gasteiger partial charge in [-0.05, 0) is 12.8 Å². The first kappa shape index (κ1) is 18.6. The van der Waals surface area contributed by atoms with Gasteiger partial charge in [0.25, 0.3) is 0 Å². The van der Waals surface area contributed by atoms with Gasteiger partial charge in [0.15, 0.2) is 12.4 Å². The van der Waals surface area contributed by atoms with Gasteiger partial charge in [0, 0.05) is 6.42 Å². The Morgan fingerprint density at radius 1 is 0.913 bits per heavy atom. The van der Waals surface area contributed by atoms with E-state index < -0.39 is 30.6 Å². The van der Waals surface area contributed by atoms with E-state index in [0.29, 0.717) is 0 Å². The van der Waals surface area contributed by atoms with Crippen molar-refractivity contribution in [1.29, 1.82) is 0 Å². The van der Waals surface area contributed by atoms with E-state index in [1.165, 1.54) is 38.5 Å². The van der Waals surface area contributed by atoms with Gasteiger partial charge in [0.2, 0.25) is 0 Å². The molecule has 6 nitrogen and oxygen atoms in total. The molecule has 0 spiro atoms. The predicted octanol–water partition coefficient (Wildman–Crippen LogP) is 2.21. The third-order valence-electron chi connectivity index (χ3n) is 4.83. The molecule has 1 saturated carbocycles. The molecule has 2 fully saturated rings. The van der Waals surface area contributed by atoms with Gasteiger partial charge in [0.05, 0.1) is 12.2 Å². The molecule has 6 heteroatoms. The van der Waals surface area contributed by atoms with Gasteiger partial charge < -0.3 is 24.8 Å². The summed E-state index contributed by atoms with van der Waals surface area (Å²) in [6.45, 7) is 0. The molecule has 4 atom stereocenters. The topological polar surface area (TPSA) is 96.2 Å². The third kappa shape index (κ3) is 6.03. The fourth-order valence-corrected chi connectivity index (χ4v) is 3.43. The lowest BCUT2D eigenvalue weighted by molar-refractivity contribution is -0.264. The number of aliphatic carboxylic acids is 1. The van der Waals surface area contributed by atoms with E-state index in [9.17, 15) is 15.0 Å². The molecule has 0 aromatic heterocycles. The molecule has 0 aromatic rings. The highest BCUT2D eigenvalue weighted by Gasteiger charge is 2.42. The number of carboxylic acid groups (broad SMARTS) is 1. The van der Waals surface area contributed by atoms with E-state index in [1.807, 2.05) is 0 Å². The molecule has 23 heavy (non-hydrogen) atoms. The van der Waals surface area contributed by atoms with Crippen molar-refractivity contribution in [2.45, 2.75) is 101 Å². The summed E-state index contributed by atoms with van der Waals surface area (Å²) in [5, 5.41) is 28.6. The molecule has 0 radical (unpaired) electrons. The molecule has 0 bridgehead atoms. The van der Waals surface area contributed by atoms with Gasteiger partial charge in [-0.25, -0.2) is 4.79 Å². The SMILES string of the molecule is O=C(O)[C@H]1O[C@@H](OC2CCCCCCCCCC2)C[C@@H](O)[C@@H]1O. The Labute approximate surface area is 137 Å².